The molecule has 0 saturated heterocycles. The smallest absolute Gasteiger partial charge is 0.314 e. The number of carbonyl (C=O) groups excluding carboxylic acids is 2. The number of carbonyl (C=O) groups is 2. The molecular weight excluding hydrogens is 456 g/mol. The second-order valence-electron chi connectivity index (χ2n) is 9.54. The molecule has 0 radical (unpaired) electrons. The third-order valence-electron chi connectivity index (χ3n) is 6.02. The van der Waals surface area contributed by atoms with Crippen molar-refractivity contribution >= 4 is 12.1 Å². The predicted molar refractivity (Wildman–Crippen MR) is 150 cm³/mol. The van der Waals surface area contributed by atoms with Gasteiger partial charge in [0.1, 0.15) is 0 Å². The fraction of sp³-hybridized carbons (Fsp3) is 0.929. The Morgan fingerprint density at radius 2 is 0.750 bits per heavy atom. The fourth-order valence-electron chi connectivity index (χ4n) is 3.78. The largest absolute Gasteiger partial charge is 0.380 e. The van der Waals surface area contributed by atoms with Crippen LogP contribution in [0.4, 0.5) is 9.59 Å². The van der Waals surface area contributed by atoms with Crippen molar-refractivity contribution in [1.29, 1.82) is 0 Å². The van der Waals surface area contributed by atoms with Crippen molar-refractivity contribution in [3.05, 3.63) is 0 Å². The first-order valence-electron chi connectivity index (χ1n) is 14.9. The van der Waals surface area contributed by atoms with Crippen molar-refractivity contribution in [3.8, 4) is 0 Å². The normalized spacial score (nSPS) is 10.8. The Bertz CT molecular complexity index is 438. The van der Waals surface area contributed by atoms with Crippen LogP contribution in [0.1, 0.15) is 117 Å². The van der Waals surface area contributed by atoms with Gasteiger partial charge in [-0.25, -0.2) is 9.59 Å². The van der Waals surface area contributed by atoms with Crippen LogP contribution in [-0.4, -0.2) is 64.7 Å². The zero-order valence-corrected chi connectivity index (χ0v) is 23.6. The van der Waals surface area contributed by atoms with Gasteiger partial charge in [-0.2, -0.15) is 0 Å². The number of amides is 4. The summed E-state index contributed by atoms with van der Waals surface area (Å²) < 4.78 is 11.1. The van der Waals surface area contributed by atoms with E-state index in [1.165, 1.54) is 64.2 Å². The van der Waals surface area contributed by atoms with Crippen LogP contribution in [0.5, 0.6) is 0 Å². The lowest BCUT2D eigenvalue weighted by Crippen LogP contribution is -2.38. The molecular formula is C28H58N4O4. The van der Waals surface area contributed by atoms with Crippen molar-refractivity contribution < 1.29 is 19.1 Å². The summed E-state index contributed by atoms with van der Waals surface area (Å²) >= 11 is 0. The predicted octanol–water partition coefficient (Wildman–Crippen LogP) is 5.90. The summed E-state index contributed by atoms with van der Waals surface area (Å²) in [4.78, 5) is 23.5. The lowest BCUT2D eigenvalue weighted by atomic mass is 10.1. The minimum absolute atomic E-state index is 0.132. The second kappa shape index (κ2) is 29.7. The van der Waals surface area contributed by atoms with E-state index >= 15 is 0 Å². The molecule has 214 valence electrons. The lowest BCUT2D eigenvalue weighted by molar-refractivity contribution is 0.132. The number of unbranched alkanes of at least 4 members (excludes halogenated alkanes) is 13. The molecule has 0 atom stereocenters. The van der Waals surface area contributed by atoms with E-state index in [2.05, 4.69) is 35.1 Å². The molecule has 0 spiro atoms. The van der Waals surface area contributed by atoms with Crippen LogP contribution >= 0.6 is 0 Å². The summed E-state index contributed by atoms with van der Waals surface area (Å²) in [5, 5.41) is 11.4. The van der Waals surface area contributed by atoms with Gasteiger partial charge in [0.2, 0.25) is 0 Å². The minimum Gasteiger partial charge on any atom is -0.380 e. The van der Waals surface area contributed by atoms with E-state index in [9.17, 15) is 9.59 Å². The van der Waals surface area contributed by atoms with Crippen LogP contribution in [0.15, 0.2) is 0 Å². The molecule has 0 saturated carbocycles. The monoisotopic (exact) mass is 514 g/mol. The lowest BCUT2D eigenvalue weighted by Gasteiger charge is -2.09. The number of nitrogens with one attached hydrogen (secondary N) is 4. The van der Waals surface area contributed by atoms with Crippen molar-refractivity contribution in [2.24, 2.45) is 0 Å². The molecule has 0 aliphatic rings. The summed E-state index contributed by atoms with van der Waals surface area (Å²) in [6.45, 7) is 9.55. The zero-order valence-electron chi connectivity index (χ0n) is 23.6. The Balaban J connectivity index is 3.25. The average Bonchev–Trinajstić information content (AvgIpc) is 2.87. The maximum atomic E-state index is 11.8. The molecule has 4 N–H and O–H groups in total. The first-order valence-corrected chi connectivity index (χ1v) is 14.9. The van der Waals surface area contributed by atoms with E-state index in [1.807, 2.05) is 0 Å². The highest BCUT2D eigenvalue weighted by atomic mass is 16.5. The maximum Gasteiger partial charge on any atom is 0.314 e. The maximum absolute atomic E-state index is 11.8. The first kappa shape index (κ1) is 34.5. The quantitative estimate of drug-likeness (QED) is 0.103. The van der Waals surface area contributed by atoms with Gasteiger partial charge in [0.25, 0.3) is 0 Å². The Kier molecular flexibility index (Phi) is 28.4. The molecule has 0 fully saturated rings. The van der Waals surface area contributed by atoms with Crippen molar-refractivity contribution in [1.82, 2.24) is 21.3 Å². The summed E-state index contributed by atoms with van der Waals surface area (Å²) in [5.74, 6) is 0. The molecule has 0 bridgehead atoms. The molecule has 8 heteroatoms. The Hall–Kier alpha value is -1.54. The summed E-state index contributed by atoms with van der Waals surface area (Å²) in [7, 11) is 0. The molecule has 0 heterocycles. The summed E-state index contributed by atoms with van der Waals surface area (Å²) in [6.07, 6.45) is 19.0. The summed E-state index contributed by atoms with van der Waals surface area (Å²) in [5.41, 5.74) is 0. The van der Waals surface area contributed by atoms with E-state index < -0.39 is 0 Å². The molecule has 0 aromatic heterocycles. The molecule has 8 nitrogen and oxygen atoms in total. The first-order chi connectivity index (χ1) is 17.7. The summed E-state index contributed by atoms with van der Waals surface area (Å²) in [6, 6.07) is -0.264. The highest BCUT2D eigenvalue weighted by molar-refractivity contribution is 5.74. The van der Waals surface area contributed by atoms with Gasteiger partial charge in [0.05, 0.1) is 13.2 Å². The number of urea groups is 2. The van der Waals surface area contributed by atoms with Crippen LogP contribution in [0.25, 0.3) is 0 Å². The van der Waals surface area contributed by atoms with Gasteiger partial charge < -0.3 is 30.7 Å². The molecule has 36 heavy (non-hydrogen) atoms. The van der Waals surface area contributed by atoms with Gasteiger partial charge >= 0.3 is 12.1 Å². The molecule has 0 unspecified atom stereocenters. The number of ether oxygens (including phenoxy) is 2. The van der Waals surface area contributed by atoms with E-state index in [0.717, 1.165) is 51.7 Å². The van der Waals surface area contributed by atoms with Crippen LogP contribution in [0.2, 0.25) is 0 Å². The third kappa shape index (κ3) is 28.7. The van der Waals surface area contributed by atoms with E-state index in [1.54, 1.807) is 0 Å². The number of hydrogen-bond acceptors (Lipinski definition) is 4. The van der Waals surface area contributed by atoms with Gasteiger partial charge in [-0.3, -0.25) is 0 Å². The SMILES string of the molecule is CCCCCCCCOCCNC(=O)NCCCCCCNC(=O)NCCOCCCCCCCC. The number of rotatable bonds is 27. The van der Waals surface area contributed by atoms with Crippen molar-refractivity contribution in [2.75, 3.05) is 52.6 Å². The molecule has 0 aliphatic carbocycles. The molecule has 0 aromatic carbocycles. The fourth-order valence-corrected chi connectivity index (χ4v) is 3.78. The van der Waals surface area contributed by atoms with Gasteiger partial charge in [0, 0.05) is 39.4 Å². The van der Waals surface area contributed by atoms with Crippen LogP contribution in [0, 0.1) is 0 Å². The second-order valence-corrected chi connectivity index (χ2v) is 9.54. The Labute approximate surface area is 221 Å². The standard InChI is InChI=1S/C28H58N4O4/c1-3-5-7-9-13-17-23-35-25-21-31-27(33)29-19-15-11-12-16-20-30-28(34)32-22-26-36-24-18-14-10-8-6-4-2/h3-26H2,1-2H3,(H2,29,31,33)(H2,30,32,34). The highest BCUT2D eigenvalue weighted by Gasteiger charge is 2.01. The van der Waals surface area contributed by atoms with Gasteiger partial charge in [-0.1, -0.05) is 90.9 Å². The van der Waals surface area contributed by atoms with E-state index in [0.29, 0.717) is 39.4 Å². The van der Waals surface area contributed by atoms with Crippen molar-refractivity contribution in [3.63, 3.8) is 0 Å². The topological polar surface area (TPSA) is 101 Å². The van der Waals surface area contributed by atoms with Gasteiger partial charge in [-0.15, -0.1) is 0 Å². The Morgan fingerprint density at radius 3 is 1.17 bits per heavy atom. The molecule has 0 aliphatic heterocycles. The van der Waals surface area contributed by atoms with Gasteiger partial charge in [0.15, 0.2) is 0 Å². The number of hydrogen-bond donors (Lipinski definition) is 4. The Morgan fingerprint density at radius 1 is 0.417 bits per heavy atom. The van der Waals surface area contributed by atoms with Gasteiger partial charge in [-0.05, 0) is 25.7 Å². The van der Waals surface area contributed by atoms with Crippen LogP contribution in [0.3, 0.4) is 0 Å². The third-order valence-corrected chi connectivity index (χ3v) is 6.02. The highest BCUT2D eigenvalue weighted by Crippen LogP contribution is 2.05. The van der Waals surface area contributed by atoms with Crippen LogP contribution < -0.4 is 21.3 Å². The van der Waals surface area contributed by atoms with E-state index in [-0.39, 0.29) is 12.1 Å². The minimum atomic E-state index is -0.132. The molecule has 4 amide bonds. The average molecular weight is 515 g/mol. The molecule has 0 aromatic rings. The molecule has 0 rings (SSSR count). The zero-order chi connectivity index (χ0) is 26.4. The van der Waals surface area contributed by atoms with Crippen molar-refractivity contribution in [2.45, 2.75) is 117 Å². The van der Waals surface area contributed by atoms with E-state index in [4.69, 9.17) is 9.47 Å². The van der Waals surface area contributed by atoms with Crippen LogP contribution in [-0.2, 0) is 9.47 Å².